The first-order valence-electron chi connectivity index (χ1n) is 6.78. The highest BCUT2D eigenvalue weighted by molar-refractivity contribution is 5.21. The Hall–Kier alpha value is -1.04. The fraction of sp³-hybridized carbons (Fsp3) is 0.529. The quantitative estimate of drug-likeness (QED) is 0.626. The minimum atomic E-state index is 0.498. The first kappa shape index (κ1) is 12.4. The summed E-state index contributed by atoms with van der Waals surface area (Å²) < 4.78 is 0. The largest absolute Gasteiger partial charge is 0.103 e. The van der Waals surface area contributed by atoms with Crippen molar-refractivity contribution in [3.05, 3.63) is 48.6 Å². The zero-order chi connectivity index (χ0) is 12.3. The average molecular weight is 228 g/mol. The molecule has 1 aliphatic carbocycles. The highest BCUT2D eigenvalue weighted by Gasteiger charge is 2.34. The molecule has 2 unspecified atom stereocenters. The average Bonchev–Trinajstić information content (AvgIpc) is 2.32. The van der Waals surface area contributed by atoms with E-state index < -0.39 is 0 Å². The maximum atomic E-state index is 3.92. The van der Waals surface area contributed by atoms with Crippen molar-refractivity contribution in [3.8, 4) is 0 Å². The summed E-state index contributed by atoms with van der Waals surface area (Å²) in [5.74, 6) is 1.51. The van der Waals surface area contributed by atoms with Crippen LogP contribution in [-0.2, 0) is 0 Å². The number of allylic oxidation sites excluding steroid dienone is 1. The fourth-order valence-electron chi connectivity index (χ4n) is 3.23. The van der Waals surface area contributed by atoms with Crippen LogP contribution in [0.3, 0.4) is 0 Å². The first-order valence-corrected chi connectivity index (χ1v) is 6.78. The van der Waals surface area contributed by atoms with Gasteiger partial charge in [-0.25, -0.2) is 0 Å². The van der Waals surface area contributed by atoms with Gasteiger partial charge in [-0.05, 0) is 48.5 Å². The Balaban J connectivity index is 2.22. The highest BCUT2D eigenvalue weighted by Crippen LogP contribution is 2.47. The molecule has 1 fully saturated rings. The predicted molar refractivity (Wildman–Crippen MR) is 75.1 cm³/mol. The van der Waals surface area contributed by atoms with Crippen LogP contribution in [0.5, 0.6) is 0 Å². The zero-order valence-corrected chi connectivity index (χ0v) is 11.2. The molecule has 0 aromatic heterocycles. The molecule has 2 atom stereocenters. The van der Waals surface area contributed by atoms with Crippen LogP contribution in [0, 0.1) is 11.3 Å². The Labute approximate surface area is 106 Å². The SMILES string of the molecule is C=CCC1CCC(C)(C)CC1c1ccccc1. The lowest BCUT2D eigenvalue weighted by molar-refractivity contribution is 0.163. The van der Waals surface area contributed by atoms with Gasteiger partial charge in [0.1, 0.15) is 0 Å². The van der Waals surface area contributed by atoms with Gasteiger partial charge in [0.05, 0.1) is 0 Å². The van der Waals surface area contributed by atoms with Crippen molar-refractivity contribution < 1.29 is 0 Å². The molecule has 0 bridgehead atoms. The standard InChI is InChI=1S/C17H24/c1-4-8-14-11-12-17(2,3)13-16(14)15-9-6-5-7-10-15/h4-7,9-10,14,16H,1,8,11-13H2,2-3H3. The summed E-state index contributed by atoms with van der Waals surface area (Å²) in [6, 6.07) is 11.0. The van der Waals surface area contributed by atoms with Crippen molar-refractivity contribution in [1.82, 2.24) is 0 Å². The van der Waals surface area contributed by atoms with Crippen LogP contribution >= 0.6 is 0 Å². The Bertz CT molecular complexity index is 361. The fourth-order valence-corrected chi connectivity index (χ4v) is 3.23. The van der Waals surface area contributed by atoms with E-state index in [2.05, 4.69) is 56.8 Å². The highest BCUT2D eigenvalue weighted by atomic mass is 14.4. The smallest absolute Gasteiger partial charge is 0.0126 e. The van der Waals surface area contributed by atoms with Gasteiger partial charge in [0.2, 0.25) is 0 Å². The molecule has 1 saturated carbocycles. The summed E-state index contributed by atoms with van der Waals surface area (Å²) in [6.07, 6.45) is 7.28. The zero-order valence-electron chi connectivity index (χ0n) is 11.2. The lowest BCUT2D eigenvalue weighted by atomic mass is 9.64. The molecule has 0 saturated heterocycles. The van der Waals surface area contributed by atoms with Gasteiger partial charge in [-0.3, -0.25) is 0 Å². The van der Waals surface area contributed by atoms with Crippen LogP contribution in [0.1, 0.15) is 51.0 Å². The molecule has 2 rings (SSSR count). The maximum absolute atomic E-state index is 3.92. The summed E-state index contributed by atoms with van der Waals surface area (Å²) in [5, 5.41) is 0. The minimum Gasteiger partial charge on any atom is -0.103 e. The van der Waals surface area contributed by atoms with Gasteiger partial charge in [-0.15, -0.1) is 6.58 Å². The Kier molecular flexibility index (Phi) is 3.71. The van der Waals surface area contributed by atoms with Gasteiger partial charge in [0.25, 0.3) is 0 Å². The van der Waals surface area contributed by atoms with Crippen molar-refractivity contribution in [2.75, 3.05) is 0 Å². The van der Waals surface area contributed by atoms with Crippen molar-refractivity contribution in [2.24, 2.45) is 11.3 Å². The van der Waals surface area contributed by atoms with Gasteiger partial charge in [-0.2, -0.15) is 0 Å². The maximum Gasteiger partial charge on any atom is -0.0126 e. The van der Waals surface area contributed by atoms with Crippen LogP contribution < -0.4 is 0 Å². The number of hydrogen-bond donors (Lipinski definition) is 0. The van der Waals surface area contributed by atoms with Crippen LogP contribution in [0.15, 0.2) is 43.0 Å². The molecule has 1 aliphatic rings. The number of hydrogen-bond acceptors (Lipinski definition) is 0. The summed E-state index contributed by atoms with van der Waals surface area (Å²) in [7, 11) is 0. The predicted octanol–water partition coefficient (Wildman–Crippen LogP) is 5.17. The second-order valence-corrected chi connectivity index (χ2v) is 6.21. The second-order valence-electron chi connectivity index (χ2n) is 6.21. The van der Waals surface area contributed by atoms with E-state index in [-0.39, 0.29) is 0 Å². The lowest BCUT2D eigenvalue weighted by Crippen LogP contribution is -2.28. The topological polar surface area (TPSA) is 0 Å². The molecule has 0 amide bonds. The molecule has 0 spiro atoms. The van der Waals surface area contributed by atoms with E-state index in [0.29, 0.717) is 5.41 Å². The van der Waals surface area contributed by atoms with Crippen LogP contribution in [0.2, 0.25) is 0 Å². The van der Waals surface area contributed by atoms with E-state index >= 15 is 0 Å². The molecule has 0 N–H and O–H groups in total. The molecule has 92 valence electrons. The molecule has 0 heterocycles. The van der Waals surface area contributed by atoms with Gasteiger partial charge in [0, 0.05) is 0 Å². The summed E-state index contributed by atoms with van der Waals surface area (Å²) in [5.41, 5.74) is 2.02. The van der Waals surface area contributed by atoms with Crippen molar-refractivity contribution in [3.63, 3.8) is 0 Å². The van der Waals surface area contributed by atoms with Crippen molar-refractivity contribution >= 4 is 0 Å². The van der Waals surface area contributed by atoms with E-state index in [1.54, 1.807) is 0 Å². The van der Waals surface area contributed by atoms with Gasteiger partial charge in [0.15, 0.2) is 0 Å². The Morgan fingerprint density at radius 1 is 1.29 bits per heavy atom. The summed E-state index contributed by atoms with van der Waals surface area (Å²) >= 11 is 0. The molecular formula is C17H24. The Morgan fingerprint density at radius 3 is 2.65 bits per heavy atom. The van der Waals surface area contributed by atoms with E-state index in [4.69, 9.17) is 0 Å². The van der Waals surface area contributed by atoms with E-state index in [0.717, 1.165) is 18.3 Å². The number of benzene rings is 1. The molecule has 0 nitrogen and oxygen atoms in total. The monoisotopic (exact) mass is 228 g/mol. The Morgan fingerprint density at radius 2 is 2.00 bits per heavy atom. The molecular weight excluding hydrogens is 204 g/mol. The lowest BCUT2D eigenvalue weighted by Gasteiger charge is -2.41. The van der Waals surface area contributed by atoms with Gasteiger partial charge >= 0.3 is 0 Å². The van der Waals surface area contributed by atoms with E-state index in [1.807, 2.05) is 0 Å². The van der Waals surface area contributed by atoms with E-state index in [1.165, 1.54) is 24.8 Å². The third-order valence-corrected chi connectivity index (χ3v) is 4.23. The molecule has 1 aromatic carbocycles. The minimum absolute atomic E-state index is 0.498. The molecule has 17 heavy (non-hydrogen) atoms. The van der Waals surface area contributed by atoms with E-state index in [9.17, 15) is 0 Å². The van der Waals surface area contributed by atoms with Crippen LogP contribution in [0.4, 0.5) is 0 Å². The first-order chi connectivity index (χ1) is 8.12. The third-order valence-electron chi connectivity index (χ3n) is 4.23. The van der Waals surface area contributed by atoms with Gasteiger partial charge < -0.3 is 0 Å². The molecule has 0 heteroatoms. The normalized spacial score (nSPS) is 27.6. The third kappa shape index (κ3) is 3.00. The number of rotatable bonds is 3. The molecule has 0 aliphatic heterocycles. The summed E-state index contributed by atoms with van der Waals surface area (Å²) in [4.78, 5) is 0. The van der Waals surface area contributed by atoms with Crippen molar-refractivity contribution in [2.45, 2.75) is 45.4 Å². The van der Waals surface area contributed by atoms with Crippen LogP contribution in [0.25, 0.3) is 0 Å². The molecule has 1 aromatic rings. The van der Waals surface area contributed by atoms with Crippen LogP contribution in [-0.4, -0.2) is 0 Å². The molecule has 0 radical (unpaired) electrons. The van der Waals surface area contributed by atoms with Crippen molar-refractivity contribution in [1.29, 1.82) is 0 Å². The van der Waals surface area contributed by atoms with Gasteiger partial charge in [-0.1, -0.05) is 50.3 Å². The summed E-state index contributed by atoms with van der Waals surface area (Å²) in [6.45, 7) is 8.74. The second kappa shape index (κ2) is 5.08.